The van der Waals surface area contributed by atoms with Crippen LogP contribution >= 0.6 is 0 Å². The van der Waals surface area contributed by atoms with Gasteiger partial charge in [-0.2, -0.15) is 0 Å². The Morgan fingerprint density at radius 3 is 2.55 bits per heavy atom. The molecule has 2 aromatic heterocycles. The van der Waals surface area contributed by atoms with Crippen molar-refractivity contribution in [2.45, 2.75) is 51.0 Å². The quantitative estimate of drug-likeness (QED) is 0.608. The number of aromatic nitrogens is 2. The highest BCUT2D eigenvalue weighted by atomic mass is 16.5. The molecule has 5 rings (SSSR count). The molecule has 2 aliphatic rings. The minimum atomic E-state index is -0.499. The van der Waals surface area contributed by atoms with Crippen molar-refractivity contribution in [1.82, 2.24) is 15.0 Å². The fraction of sp³-hybridized carbons (Fsp3) is 0.417. The average Bonchev–Trinajstić information content (AvgIpc) is 3.33. The van der Waals surface area contributed by atoms with Gasteiger partial charge in [-0.15, -0.1) is 0 Å². The van der Waals surface area contributed by atoms with E-state index in [2.05, 4.69) is 15.8 Å². The van der Waals surface area contributed by atoms with Crippen LogP contribution in [0, 0.1) is 5.92 Å². The van der Waals surface area contributed by atoms with E-state index in [0.717, 1.165) is 43.9 Å². The number of rotatable bonds is 5. The van der Waals surface area contributed by atoms with Crippen molar-refractivity contribution in [2.24, 2.45) is 5.92 Å². The normalized spacial score (nSPS) is 16.5. The molecule has 33 heavy (non-hydrogen) atoms. The van der Waals surface area contributed by atoms with E-state index in [1.807, 2.05) is 18.2 Å². The third kappa shape index (κ3) is 4.35. The van der Waals surface area contributed by atoms with Crippen LogP contribution in [-0.4, -0.2) is 40.7 Å². The van der Waals surface area contributed by atoms with Gasteiger partial charge in [-0.3, -0.25) is 9.59 Å². The summed E-state index contributed by atoms with van der Waals surface area (Å²) >= 11 is 0. The van der Waals surface area contributed by atoms with E-state index < -0.39 is 5.91 Å². The Morgan fingerprint density at radius 2 is 1.85 bits per heavy atom. The van der Waals surface area contributed by atoms with Gasteiger partial charge in [0.05, 0.1) is 11.7 Å². The summed E-state index contributed by atoms with van der Waals surface area (Å²) in [5.74, 6) is 0.0195. The van der Waals surface area contributed by atoms with Crippen molar-refractivity contribution in [3.05, 3.63) is 42.3 Å². The summed E-state index contributed by atoms with van der Waals surface area (Å²) in [6.45, 7) is 0. The van der Waals surface area contributed by atoms with Crippen molar-refractivity contribution in [3.63, 3.8) is 0 Å². The van der Waals surface area contributed by atoms with E-state index in [9.17, 15) is 14.4 Å². The van der Waals surface area contributed by atoms with Crippen LogP contribution in [0.3, 0.4) is 0 Å². The first-order valence-corrected chi connectivity index (χ1v) is 11.5. The van der Waals surface area contributed by atoms with Gasteiger partial charge in [-0.1, -0.05) is 30.5 Å². The van der Waals surface area contributed by atoms with E-state index in [1.165, 1.54) is 23.3 Å². The lowest BCUT2D eigenvalue weighted by Crippen LogP contribution is -2.34. The Labute approximate surface area is 191 Å². The van der Waals surface area contributed by atoms with Crippen LogP contribution in [-0.2, 0) is 4.79 Å². The zero-order chi connectivity index (χ0) is 22.9. The van der Waals surface area contributed by atoms with Gasteiger partial charge in [0.1, 0.15) is 5.82 Å². The van der Waals surface area contributed by atoms with Crippen LogP contribution in [0.15, 0.2) is 41.1 Å². The van der Waals surface area contributed by atoms with Gasteiger partial charge < -0.3 is 20.1 Å². The van der Waals surface area contributed by atoms with Crippen molar-refractivity contribution < 1.29 is 18.9 Å². The molecular formula is C24H27N5O4. The molecule has 0 saturated heterocycles. The van der Waals surface area contributed by atoms with Crippen LogP contribution in [0.2, 0.25) is 0 Å². The number of carbonyl (C=O) groups is 3. The Bertz CT molecular complexity index is 1190. The highest BCUT2D eigenvalue weighted by molar-refractivity contribution is 6.07. The average molecular weight is 450 g/mol. The zero-order valence-electron chi connectivity index (χ0n) is 18.5. The molecule has 0 spiro atoms. The van der Waals surface area contributed by atoms with Crippen molar-refractivity contribution >= 4 is 40.3 Å². The Morgan fingerprint density at radius 1 is 1.06 bits per heavy atom. The summed E-state index contributed by atoms with van der Waals surface area (Å²) in [6, 6.07) is 8.57. The number of nitrogens with zero attached hydrogens (tertiary/aromatic N) is 3. The fourth-order valence-corrected chi connectivity index (χ4v) is 4.44. The van der Waals surface area contributed by atoms with Crippen LogP contribution in [0.4, 0.5) is 16.3 Å². The minimum Gasteiger partial charge on any atom is -0.351 e. The number of amides is 3. The number of carbonyl (C=O) groups excluding carboxylic acids is 3. The summed E-state index contributed by atoms with van der Waals surface area (Å²) in [5.41, 5.74) is 1.33. The van der Waals surface area contributed by atoms with Crippen LogP contribution < -0.4 is 15.5 Å². The van der Waals surface area contributed by atoms with E-state index in [1.54, 1.807) is 18.0 Å². The van der Waals surface area contributed by atoms with Gasteiger partial charge in [-0.05, 0) is 43.9 Å². The number of hydrogen-bond acceptors (Lipinski definition) is 5. The summed E-state index contributed by atoms with van der Waals surface area (Å²) in [5, 5.41) is 10.1. The highest BCUT2D eigenvalue weighted by Crippen LogP contribution is 2.31. The predicted octanol–water partition coefficient (Wildman–Crippen LogP) is 4.14. The van der Waals surface area contributed by atoms with Crippen molar-refractivity contribution in [3.8, 4) is 0 Å². The number of hydrogen-bond donors (Lipinski definition) is 2. The maximum atomic E-state index is 13.1. The van der Waals surface area contributed by atoms with Crippen LogP contribution in [0.25, 0.3) is 10.9 Å². The standard InChI is InChI=1S/C24H27N5O4/c1-28(23(31)15-5-3-2-4-6-15)18-10-7-16-13-21(27-22(30)20-11-12-25-33-20)29(19(16)14-18)24(32)26-17-8-9-17/h7,10-15,17H,2-6,8-9H2,1H3,(H,26,32)(H,27,30). The monoisotopic (exact) mass is 449 g/mol. The molecule has 2 heterocycles. The molecule has 9 heteroatoms. The third-order valence-corrected chi connectivity index (χ3v) is 6.47. The van der Waals surface area contributed by atoms with E-state index >= 15 is 0 Å². The molecule has 172 valence electrons. The highest BCUT2D eigenvalue weighted by Gasteiger charge is 2.28. The largest absolute Gasteiger partial charge is 0.351 e. The molecular weight excluding hydrogens is 422 g/mol. The minimum absolute atomic E-state index is 0.0427. The molecule has 2 fully saturated rings. The second kappa shape index (κ2) is 8.73. The van der Waals surface area contributed by atoms with Crippen molar-refractivity contribution in [2.75, 3.05) is 17.3 Å². The molecule has 0 aliphatic heterocycles. The summed E-state index contributed by atoms with van der Waals surface area (Å²) in [4.78, 5) is 40.4. The van der Waals surface area contributed by atoms with E-state index in [-0.39, 0.29) is 29.7 Å². The van der Waals surface area contributed by atoms with Crippen molar-refractivity contribution in [1.29, 1.82) is 0 Å². The predicted molar refractivity (Wildman–Crippen MR) is 123 cm³/mol. The molecule has 1 aromatic carbocycles. The second-order valence-electron chi connectivity index (χ2n) is 8.89. The summed E-state index contributed by atoms with van der Waals surface area (Å²) in [6.07, 6.45) is 8.46. The smallest absolute Gasteiger partial charge is 0.327 e. The molecule has 3 aromatic rings. The topological polar surface area (TPSA) is 109 Å². The molecule has 2 N–H and O–H groups in total. The van der Waals surface area contributed by atoms with E-state index in [0.29, 0.717) is 17.0 Å². The lowest BCUT2D eigenvalue weighted by Gasteiger charge is -2.26. The SMILES string of the molecule is CN(C(=O)C1CCCCC1)c1ccc2cc(NC(=O)c3ccno3)n(C(=O)NC3CC3)c2c1. The molecule has 0 atom stereocenters. The molecule has 0 bridgehead atoms. The first-order chi connectivity index (χ1) is 16.0. The number of anilines is 2. The molecule has 0 radical (unpaired) electrons. The molecule has 2 aliphatic carbocycles. The summed E-state index contributed by atoms with van der Waals surface area (Å²) < 4.78 is 6.38. The zero-order valence-corrected chi connectivity index (χ0v) is 18.5. The van der Waals surface area contributed by atoms with Gasteiger partial charge in [-0.25, -0.2) is 9.36 Å². The molecule has 2 saturated carbocycles. The third-order valence-electron chi connectivity index (χ3n) is 6.47. The second-order valence-corrected chi connectivity index (χ2v) is 8.89. The molecule has 0 unspecified atom stereocenters. The van der Waals surface area contributed by atoms with Crippen LogP contribution in [0.1, 0.15) is 55.5 Å². The maximum absolute atomic E-state index is 13.1. The van der Waals surface area contributed by atoms with Crippen LogP contribution in [0.5, 0.6) is 0 Å². The van der Waals surface area contributed by atoms with Gasteiger partial charge >= 0.3 is 6.03 Å². The van der Waals surface area contributed by atoms with Gasteiger partial charge in [0.25, 0.3) is 5.91 Å². The molecule has 9 nitrogen and oxygen atoms in total. The lowest BCUT2D eigenvalue weighted by atomic mass is 9.88. The van der Waals surface area contributed by atoms with E-state index in [4.69, 9.17) is 4.52 Å². The first-order valence-electron chi connectivity index (χ1n) is 11.5. The van der Waals surface area contributed by atoms with Gasteiger partial charge in [0, 0.05) is 36.1 Å². The lowest BCUT2D eigenvalue weighted by molar-refractivity contribution is -0.123. The Kier molecular flexibility index (Phi) is 5.62. The number of benzene rings is 1. The molecule has 3 amide bonds. The van der Waals surface area contributed by atoms with Gasteiger partial charge in [0.2, 0.25) is 11.7 Å². The van der Waals surface area contributed by atoms with Gasteiger partial charge in [0.15, 0.2) is 0 Å². The number of nitrogens with one attached hydrogen (secondary N) is 2. The fourth-order valence-electron chi connectivity index (χ4n) is 4.44. The maximum Gasteiger partial charge on any atom is 0.327 e. The number of fused-ring (bicyclic) bond motifs is 1. The first kappa shape index (κ1) is 21.2. The Hall–Kier alpha value is -3.62. The summed E-state index contributed by atoms with van der Waals surface area (Å²) in [7, 11) is 1.78. The Balaban J connectivity index is 1.48.